The highest BCUT2D eigenvalue weighted by Gasteiger charge is 2.24. The molecule has 3 rings (SSSR count). The first-order valence-electron chi connectivity index (χ1n) is 7.69. The van der Waals surface area contributed by atoms with Crippen LogP contribution in [0, 0.1) is 11.3 Å². The van der Waals surface area contributed by atoms with Crippen molar-refractivity contribution in [1.29, 1.82) is 5.26 Å². The molecule has 0 amide bonds. The van der Waals surface area contributed by atoms with E-state index >= 15 is 0 Å². The summed E-state index contributed by atoms with van der Waals surface area (Å²) in [6, 6.07) is 6.58. The van der Waals surface area contributed by atoms with E-state index in [-0.39, 0.29) is 35.0 Å². The normalized spacial score (nSPS) is 11.1. The number of benzene rings is 1. The fourth-order valence-electron chi connectivity index (χ4n) is 2.43. The summed E-state index contributed by atoms with van der Waals surface area (Å²) in [6.45, 7) is -0.293. The second-order valence-corrected chi connectivity index (χ2v) is 7.38. The van der Waals surface area contributed by atoms with Gasteiger partial charge in [-0.05, 0) is 18.2 Å². The molecule has 146 valence electrons. The highest BCUT2D eigenvalue weighted by atomic mass is 35.5. The number of aromatic amines is 1. The first kappa shape index (κ1) is 19.5. The van der Waals surface area contributed by atoms with E-state index in [1.165, 1.54) is 20.4 Å². The van der Waals surface area contributed by atoms with Crippen molar-refractivity contribution in [3.05, 3.63) is 29.4 Å². The number of anilines is 1. The van der Waals surface area contributed by atoms with E-state index in [9.17, 15) is 8.42 Å². The number of nitrogens with zero attached hydrogens (tertiary/aromatic N) is 3. The number of halogens is 1. The summed E-state index contributed by atoms with van der Waals surface area (Å²) in [6.07, 6.45) is 1.34. The molecule has 0 saturated carbocycles. The molecule has 1 aromatic carbocycles. The number of rotatable bonds is 7. The second kappa shape index (κ2) is 7.79. The molecule has 2 aromatic heterocycles. The molecule has 0 radical (unpaired) electrons. The van der Waals surface area contributed by atoms with Crippen LogP contribution in [0.1, 0.15) is 0 Å². The molecule has 0 saturated heterocycles. The smallest absolute Gasteiger partial charge is 0.266 e. The third kappa shape index (κ3) is 3.73. The predicted molar refractivity (Wildman–Crippen MR) is 100 cm³/mol. The van der Waals surface area contributed by atoms with Gasteiger partial charge in [-0.25, -0.2) is 13.1 Å². The zero-order chi connectivity index (χ0) is 20.3. The van der Waals surface area contributed by atoms with Gasteiger partial charge in [0.1, 0.15) is 11.0 Å². The molecule has 3 aromatic rings. The van der Waals surface area contributed by atoms with Crippen LogP contribution in [0.15, 0.2) is 29.3 Å². The van der Waals surface area contributed by atoms with Gasteiger partial charge in [0.05, 0.1) is 14.2 Å². The summed E-state index contributed by atoms with van der Waals surface area (Å²) in [7, 11) is -1.43. The van der Waals surface area contributed by atoms with Gasteiger partial charge in [-0.1, -0.05) is 11.6 Å². The number of aromatic nitrogens is 3. The van der Waals surface area contributed by atoms with E-state index in [2.05, 4.69) is 19.7 Å². The molecule has 0 bridgehead atoms. The molecule has 0 atom stereocenters. The topological polar surface area (TPSA) is 139 Å². The molecule has 0 aliphatic rings. The average Bonchev–Trinajstić information content (AvgIpc) is 3.09. The highest BCUT2D eigenvalue weighted by Crippen LogP contribution is 2.35. The van der Waals surface area contributed by atoms with Crippen molar-refractivity contribution in [3.8, 4) is 23.6 Å². The van der Waals surface area contributed by atoms with E-state index in [0.717, 1.165) is 0 Å². The number of ether oxygens (including phenoxy) is 3. The Kier molecular flexibility index (Phi) is 5.43. The molecule has 12 heteroatoms. The van der Waals surface area contributed by atoms with Crippen LogP contribution < -0.4 is 18.9 Å². The third-order valence-electron chi connectivity index (χ3n) is 3.59. The highest BCUT2D eigenvalue weighted by molar-refractivity contribution is 7.93. The van der Waals surface area contributed by atoms with Crippen molar-refractivity contribution in [2.75, 3.05) is 25.5 Å². The van der Waals surface area contributed by atoms with E-state index in [0.29, 0.717) is 15.9 Å². The molecule has 0 fully saturated rings. The fraction of sp³-hybridized carbons (Fsp3) is 0.188. The Bertz CT molecular complexity index is 1150. The van der Waals surface area contributed by atoms with Gasteiger partial charge in [-0.3, -0.25) is 0 Å². The Morgan fingerprint density at radius 3 is 2.54 bits per heavy atom. The van der Waals surface area contributed by atoms with Crippen molar-refractivity contribution in [3.63, 3.8) is 0 Å². The summed E-state index contributed by atoms with van der Waals surface area (Å²) in [5.74, 6) is -0.492. The second-order valence-electron chi connectivity index (χ2n) is 5.29. The minimum atomic E-state index is -4.04. The van der Waals surface area contributed by atoms with Gasteiger partial charge in [-0.15, -0.1) is 0 Å². The first-order valence-corrected chi connectivity index (χ1v) is 9.55. The molecule has 0 aliphatic heterocycles. The number of hydrogen-bond donors (Lipinski definition) is 2. The molecule has 2 N–H and O–H groups in total. The van der Waals surface area contributed by atoms with Crippen LogP contribution in [0.25, 0.3) is 10.9 Å². The number of fused-ring (bicyclic) bond motifs is 1. The zero-order valence-electron chi connectivity index (χ0n) is 14.7. The van der Waals surface area contributed by atoms with Crippen molar-refractivity contribution in [1.82, 2.24) is 15.0 Å². The Balaban J connectivity index is 2.00. The maximum atomic E-state index is 12.8. The zero-order valence-corrected chi connectivity index (χ0v) is 16.3. The molecule has 28 heavy (non-hydrogen) atoms. The minimum Gasteiger partial charge on any atom is -0.478 e. The maximum absolute atomic E-state index is 12.8. The van der Waals surface area contributed by atoms with E-state index in [4.69, 9.17) is 31.1 Å². The Hall–Kier alpha value is -3.23. The summed E-state index contributed by atoms with van der Waals surface area (Å²) in [4.78, 5) is 10.8. The number of nitriles is 1. The molecular formula is C16H14ClN5O5S. The summed E-state index contributed by atoms with van der Waals surface area (Å²) in [5, 5.41) is 9.59. The molecule has 10 nitrogen and oxygen atoms in total. The number of H-pyrrole nitrogens is 1. The quantitative estimate of drug-likeness (QED) is 0.590. The molecule has 2 heterocycles. The molecule has 0 unspecified atom stereocenters. The van der Waals surface area contributed by atoms with Crippen LogP contribution in [0.4, 0.5) is 5.95 Å². The van der Waals surface area contributed by atoms with Gasteiger partial charge in [0.25, 0.3) is 21.8 Å². The predicted octanol–water partition coefficient (Wildman–Crippen LogP) is 2.33. The largest absolute Gasteiger partial charge is 0.478 e. The van der Waals surface area contributed by atoms with E-state index in [1.54, 1.807) is 24.3 Å². The monoisotopic (exact) mass is 423 g/mol. The van der Waals surface area contributed by atoms with Crippen LogP contribution in [0.5, 0.6) is 17.5 Å². The van der Waals surface area contributed by atoms with Gasteiger partial charge >= 0.3 is 0 Å². The van der Waals surface area contributed by atoms with E-state index < -0.39 is 10.0 Å². The van der Waals surface area contributed by atoms with Crippen LogP contribution >= 0.6 is 11.6 Å². The lowest BCUT2D eigenvalue weighted by Crippen LogP contribution is -2.16. The minimum absolute atomic E-state index is 0.00879. The van der Waals surface area contributed by atoms with E-state index in [1.807, 2.05) is 0 Å². The summed E-state index contributed by atoms with van der Waals surface area (Å²) < 4.78 is 43.3. The van der Waals surface area contributed by atoms with Crippen LogP contribution in [-0.4, -0.2) is 44.2 Å². The van der Waals surface area contributed by atoms with Gasteiger partial charge in [0, 0.05) is 22.1 Å². The Morgan fingerprint density at radius 1 is 1.25 bits per heavy atom. The van der Waals surface area contributed by atoms with Crippen molar-refractivity contribution >= 4 is 38.5 Å². The molecule has 0 spiro atoms. The first-order chi connectivity index (χ1) is 13.4. The van der Waals surface area contributed by atoms with Gasteiger partial charge in [-0.2, -0.15) is 15.2 Å². The lowest BCUT2D eigenvalue weighted by molar-refractivity contribution is 0.290. The fourth-order valence-corrected chi connectivity index (χ4v) is 3.73. The van der Waals surface area contributed by atoms with Gasteiger partial charge in [0.15, 0.2) is 6.61 Å². The van der Waals surface area contributed by atoms with Gasteiger partial charge < -0.3 is 19.2 Å². The van der Waals surface area contributed by atoms with Crippen molar-refractivity contribution in [2.24, 2.45) is 0 Å². The maximum Gasteiger partial charge on any atom is 0.266 e. The number of methoxy groups -OCH3 is 2. The number of hydrogen-bond acceptors (Lipinski definition) is 8. The Labute approximate surface area is 165 Å². The molecule has 0 aliphatic carbocycles. The SMILES string of the molecule is COc1nc(NS(=O)(=O)c2c[nH]c3cc(Cl)ccc23)nc(OC)c1OCC#N. The van der Waals surface area contributed by atoms with Crippen molar-refractivity contribution in [2.45, 2.75) is 4.90 Å². The summed E-state index contributed by atoms with van der Waals surface area (Å²) in [5.41, 5.74) is 0.559. The van der Waals surface area contributed by atoms with Crippen LogP contribution in [0.2, 0.25) is 5.02 Å². The van der Waals surface area contributed by atoms with Crippen LogP contribution in [0.3, 0.4) is 0 Å². The number of sulfonamides is 1. The lowest BCUT2D eigenvalue weighted by atomic mass is 10.2. The van der Waals surface area contributed by atoms with Gasteiger partial charge in [0.2, 0.25) is 11.7 Å². The van der Waals surface area contributed by atoms with Crippen LogP contribution in [-0.2, 0) is 10.0 Å². The summed E-state index contributed by atoms with van der Waals surface area (Å²) >= 11 is 5.92. The number of nitrogens with one attached hydrogen (secondary N) is 2. The standard InChI is InChI=1S/C16H14ClN5O5S/c1-25-14-13(27-6-5-18)15(26-2)21-16(20-14)22-28(23,24)12-8-19-11-7-9(17)3-4-10(11)12/h3-4,7-8,19H,6H2,1-2H3,(H,20,21,22). The third-order valence-corrected chi connectivity index (χ3v) is 5.20. The molecular weight excluding hydrogens is 410 g/mol. The van der Waals surface area contributed by atoms with Crippen molar-refractivity contribution < 1.29 is 22.6 Å². The lowest BCUT2D eigenvalue weighted by Gasteiger charge is -2.13. The average molecular weight is 424 g/mol. The Morgan fingerprint density at radius 2 is 1.93 bits per heavy atom.